The van der Waals surface area contributed by atoms with E-state index in [1.807, 2.05) is 6.92 Å². The minimum atomic E-state index is -0.0428. The number of hydrogen-bond donors (Lipinski definition) is 2. The highest BCUT2D eigenvalue weighted by atomic mass is 16.5. The second-order valence-electron chi connectivity index (χ2n) is 6.06. The fraction of sp³-hybridized carbons (Fsp3) is 0.933. The van der Waals surface area contributed by atoms with Crippen molar-refractivity contribution in [1.82, 2.24) is 10.2 Å². The zero-order valence-corrected chi connectivity index (χ0v) is 13.2. The summed E-state index contributed by atoms with van der Waals surface area (Å²) < 4.78 is 5.78. The van der Waals surface area contributed by atoms with Gasteiger partial charge in [0.2, 0.25) is 5.91 Å². The van der Waals surface area contributed by atoms with Gasteiger partial charge < -0.3 is 15.8 Å². The monoisotopic (exact) mass is 285 g/mol. The Morgan fingerprint density at radius 1 is 1.35 bits per heavy atom. The van der Waals surface area contributed by atoms with E-state index in [4.69, 9.17) is 10.5 Å². The van der Waals surface area contributed by atoms with Crippen LogP contribution in [-0.4, -0.2) is 55.7 Å². The maximum Gasteiger partial charge on any atom is 0.237 e. The lowest BCUT2D eigenvalue weighted by molar-refractivity contribution is -0.127. The first-order valence-electron chi connectivity index (χ1n) is 7.88. The van der Waals surface area contributed by atoms with Crippen LogP contribution in [-0.2, 0) is 9.53 Å². The number of amides is 1. The third-order valence-corrected chi connectivity index (χ3v) is 3.79. The number of nitrogens with two attached hydrogens (primary N) is 1. The third kappa shape index (κ3) is 6.20. The molecular formula is C15H31N3O2. The maximum atomic E-state index is 12.0. The first kappa shape index (κ1) is 17.4. The van der Waals surface area contributed by atoms with Crippen LogP contribution < -0.4 is 11.1 Å². The van der Waals surface area contributed by atoms with E-state index in [1.54, 1.807) is 0 Å². The van der Waals surface area contributed by atoms with Crippen molar-refractivity contribution in [3.63, 3.8) is 0 Å². The molecule has 1 atom stereocenters. The lowest BCUT2D eigenvalue weighted by atomic mass is 10.1. The topological polar surface area (TPSA) is 67.6 Å². The van der Waals surface area contributed by atoms with Gasteiger partial charge >= 0.3 is 0 Å². The summed E-state index contributed by atoms with van der Waals surface area (Å²) >= 11 is 0. The van der Waals surface area contributed by atoms with Crippen molar-refractivity contribution in [1.29, 1.82) is 0 Å². The number of nitrogens with one attached hydrogen (secondary N) is 1. The van der Waals surface area contributed by atoms with Crippen LogP contribution in [0.4, 0.5) is 0 Å². The van der Waals surface area contributed by atoms with Gasteiger partial charge in [-0.3, -0.25) is 9.69 Å². The maximum absolute atomic E-state index is 12.0. The van der Waals surface area contributed by atoms with E-state index >= 15 is 0 Å². The second-order valence-corrected chi connectivity index (χ2v) is 6.06. The molecule has 1 heterocycles. The van der Waals surface area contributed by atoms with Gasteiger partial charge in [-0.25, -0.2) is 0 Å². The van der Waals surface area contributed by atoms with Gasteiger partial charge in [-0.05, 0) is 38.6 Å². The fourth-order valence-electron chi connectivity index (χ4n) is 2.38. The van der Waals surface area contributed by atoms with Gasteiger partial charge in [0.15, 0.2) is 0 Å². The number of likely N-dealkylation sites (tertiary alicyclic amines) is 1. The molecule has 1 saturated heterocycles. The molecule has 0 radical (unpaired) electrons. The molecule has 0 saturated carbocycles. The molecule has 1 fully saturated rings. The number of carbonyl (C=O) groups excluding carboxylic acids is 1. The van der Waals surface area contributed by atoms with Crippen molar-refractivity contribution in [3.05, 3.63) is 0 Å². The molecule has 1 amide bonds. The molecular weight excluding hydrogens is 254 g/mol. The molecule has 1 unspecified atom stereocenters. The van der Waals surface area contributed by atoms with Crippen molar-refractivity contribution in [2.75, 3.05) is 32.8 Å². The minimum absolute atomic E-state index is 0.0428. The summed E-state index contributed by atoms with van der Waals surface area (Å²) in [7, 11) is 0. The average Bonchev–Trinajstić information content (AvgIpc) is 2.45. The Bertz CT molecular complexity index is 276. The summed E-state index contributed by atoms with van der Waals surface area (Å²) in [5.41, 5.74) is 5.46. The molecule has 0 spiro atoms. The normalized spacial score (nSPS) is 19.2. The molecule has 5 heteroatoms. The Morgan fingerprint density at radius 3 is 2.55 bits per heavy atom. The van der Waals surface area contributed by atoms with E-state index in [0.717, 1.165) is 45.5 Å². The first-order valence-corrected chi connectivity index (χ1v) is 7.88. The molecule has 0 aromatic carbocycles. The van der Waals surface area contributed by atoms with Gasteiger partial charge in [-0.1, -0.05) is 13.8 Å². The number of rotatable bonds is 8. The molecule has 0 aromatic heterocycles. The Balaban J connectivity index is 2.24. The van der Waals surface area contributed by atoms with Crippen LogP contribution in [0.2, 0.25) is 0 Å². The van der Waals surface area contributed by atoms with Gasteiger partial charge in [0.1, 0.15) is 0 Å². The van der Waals surface area contributed by atoms with E-state index in [0.29, 0.717) is 18.6 Å². The van der Waals surface area contributed by atoms with Gasteiger partial charge in [-0.2, -0.15) is 0 Å². The van der Waals surface area contributed by atoms with Crippen LogP contribution >= 0.6 is 0 Å². The minimum Gasteiger partial charge on any atom is -0.378 e. The Hall–Kier alpha value is -0.650. The molecule has 0 aliphatic carbocycles. The summed E-state index contributed by atoms with van der Waals surface area (Å²) in [5.74, 6) is 0.633. The largest absolute Gasteiger partial charge is 0.378 e. The highest BCUT2D eigenvalue weighted by molar-refractivity contribution is 5.81. The smallest absolute Gasteiger partial charge is 0.237 e. The van der Waals surface area contributed by atoms with Crippen molar-refractivity contribution >= 4 is 5.91 Å². The fourth-order valence-corrected chi connectivity index (χ4v) is 2.38. The second kappa shape index (κ2) is 9.32. The standard InChI is InChI=1S/C15H31N3O2/c1-12(2)11-17-15(19)13(3)18-8-5-14(6-9-18)20-10-4-7-16/h12-14H,4-11,16H2,1-3H3,(H,17,19). The third-order valence-electron chi connectivity index (χ3n) is 3.79. The molecule has 3 N–H and O–H groups in total. The van der Waals surface area contributed by atoms with Crippen LogP contribution in [0.3, 0.4) is 0 Å². The highest BCUT2D eigenvalue weighted by Crippen LogP contribution is 2.16. The van der Waals surface area contributed by atoms with E-state index in [2.05, 4.69) is 24.1 Å². The predicted molar refractivity (Wildman–Crippen MR) is 81.5 cm³/mol. The van der Waals surface area contributed by atoms with Crippen molar-refractivity contribution < 1.29 is 9.53 Å². The Kier molecular flexibility index (Phi) is 8.11. The first-order chi connectivity index (χ1) is 9.54. The lowest BCUT2D eigenvalue weighted by Gasteiger charge is -2.35. The van der Waals surface area contributed by atoms with Crippen molar-refractivity contribution in [2.45, 2.75) is 52.2 Å². The summed E-state index contributed by atoms with van der Waals surface area (Å²) in [6, 6.07) is -0.0428. The van der Waals surface area contributed by atoms with Crippen molar-refractivity contribution in [3.8, 4) is 0 Å². The van der Waals surface area contributed by atoms with Crippen molar-refractivity contribution in [2.24, 2.45) is 11.7 Å². The molecule has 5 nitrogen and oxygen atoms in total. The summed E-state index contributed by atoms with van der Waals surface area (Å²) in [4.78, 5) is 14.3. The number of hydrogen-bond acceptors (Lipinski definition) is 4. The molecule has 0 aromatic rings. The van der Waals surface area contributed by atoms with E-state index in [1.165, 1.54) is 0 Å². The molecule has 1 aliphatic rings. The highest BCUT2D eigenvalue weighted by Gasteiger charge is 2.26. The van der Waals surface area contributed by atoms with Gasteiger partial charge in [0.05, 0.1) is 12.1 Å². The van der Waals surface area contributed by atoms with Crippen LogP contribution in [0.15, 0.2) is 0 Å². The quantitative estimate of drug-likeness (QED) is 0.652. The molecule has 1 aliphatic heterocycles. The zero-order valence-electron chi connectivity index (χ0n) is 13.2. The van der Waals surface area contributed by atoms with Crippen LogP contribution in [0.1, 0.15) is 40.0 Å². The average molecular weight is 285 g/mol. The molecule has 20 heavy (non-hydrogen) atoms. The van der Waals surface area contributed by atoms with Crippen LogP contribution in [0, 0.1) is 5.92 Å². The van der Waals surface area contributed by atoms with Gasteiger partial charge in [0, 0.05) is 26.2 Å². The molecule has 0 bridgehead atoms. The van der Waals surface area contributed by atoms with Crippen LogP contribution in [0.25, 0.3) is 0 Å². The summed E-state index contributed by atoms with van der Waals surface area (Å²) in [5, 5.41) is 3.01. The number of nitrogens with zero attached hydrogens (tertiary/aromatic N) is 1. The van der Waals surface area contributed by atoms with Gasteiger partial charge in [0.25, 0.3) is 0 Å². The molecule has 118 valence electrons. The Labute approximate surface area is 123 Å². The Morgan fingerprint density at radius 2 is 2.00 bits per heavy atom. The number of ether oxygens (including phenoxy) is 1. The number of piperidine rings is 1. The summed E-state index contributed by atoms with van der Waals surface area (Å²) in [6.45, 7) is 10.3. The van der Waals surface area contributed by atoms with Crippen LogP contribution in [0.5, 0.6) is 0 Å². The van der Waals surface area contributed by atoms with Gasteiger partial charge in [-0.15, -0.1) is 0 Å². The SMILES string of the molecule is CC(C)CNC(=O)C(C)N1CCC(OCCCN)CC1. The summed E-state index contributed by atoms with van der Waals surface area (Å²) in [6.07, 6.45) is 3.27. The predicted octanol–water partition coefficient (Wildman–Crippen LogP) is 0.977. The molecule has 1 rings (SSSR count). The van der Waals surface area contributed by atoms with E-state index in [-0.39, 0.29) is 11.9 Å². The zero-order chi connectivity index (χ0) is 15.0. The van der Waals surface area contributed by atoms with E-state index in [9.17, 15) is 4.79 Å². The lowest BCUT2D eigenvalue weighted by Crippen LogP contribution is -2.49. The van der Waals surface area contributed by atoms with E-state index < -0.39 is 0 Å². The number of carbonyl (C=O) groups is 1.